The van der Waals surface area contributed by atoms with Gasteiger partial charge in [-0.25, -0.2) is 18.4 Å². The summed E-state index contributed by atoms with van der Waals surface area (Å²) in [5.74, 6) is 0.228. The molecule has 3 aromatic carbocycles. The number of benzene rings is 3. The van der Waals surface area contributed by atoms with Crippen LogP contribution in [0.15, 0.2) is 98.6 Å². The Balaban J connectivity index is 1.08. The normalized spacial score (nSPS) is 14.1. The maximum Gasteiger partial charge on any atom is 0.415 e. The molecule has 6 rings (SSSR count). The average Bonchev–Trinajstić information content (AvgIpc) is 3.41. The molecule has 2 aromatic heterocycles. The van der Waals surface area contributed by atoms with Crippen molar-refractivity contribution in [3.8, 4) is 5.88 Å². The van der Waals surface area contributed by atoms with E-state index in [4.69, 9.17) is 16.3 Å². The summed E-state index contributed by atoms with van der Waals surface area (Å²) in [7, 11) is -4.22. The highest BCUT2D eigenvalue weighted by Crippen LogP contribution is 2.30. The predicted molar refractivity (Wildman–Crippen MR) is 163 cm³/mol. The molecule has 0 aliphatic carbocycles. The maximum absolute atomic E-state index is 13.1. The van der Waals surface area contributed by atoms with Gasteiger partial charge in [0.15, 0.2) is 5.16 Å². The van der Waals surface area contributed by atoms with Gasteiger partial charge in [0.05, 0.1) is 21.3 Å². The van der Waals surface area contributed by atoms with Crippen molar-refractivity contribution in [1.82, 2.24) is 20.0 Å². The molecule has 12 nitrogen and oxygen atoms in total. The van der Waals surface area contributed by atoms with Gasteiger partial charge in [-0.1, -0.05) is 59.8 Å². The second-order valence-corrected chi connectivity index (χ2v) is 13.1. The molecule has 1 fully saturated rings. The van der Waals surface area contributed by atoms with Gasteiger partial charge in [0.25, 0.3) is 9.84 Å². The number of anilines is 2. The molecule has 5 aromatic rings. The first-order valence-electron chi connectivity index (χ1n) is 13.5. The molecule has 0 atom stereocenters. The highest BCUT2D eigenvalue weighted by atomic mass is 35.5. The number of rotatable bonds is 9. The summed E-state index contributed by atoms with van der Waals surface area (Å²) >= 11 is 7.38. The second kappa shape index (κ2) is 12.7. The van der Waals surface area contributed by atoms with E-state index in [9.17, 15) is 18.4 Å². The third-order valence-corrected chi connectivity index (χ3v) is 9.72. The average molecular weight is 653 g/mol. The number of ether oxygens (including phenoxy) is 1. The maximum atomic E-state index is 13.1. The van der Waals surface area contributed by atoms with Crippen molar-refractivity contribution >= 4 is 61.5 Å². The molecule has 1 saturated heterocycles. The second-order valence-electron chi connectivity index (χ2n) is 9.85. The molecule has 0 radical (unpaired) electrons. The minimum Gasteiger partial charge on any atom is -0.451 e. The monoisotopic (exact) mass is 652 g/mol. The Kier molecular flexibility index (Phi) is 8.55. The van der Waals surface area contributed by atoms with Gasteiger partial charge in [0.1, 0.15) is 11.9 Å². The fourth-order valence-electron chi connectivity index (χ4n) is 4.74. The van der Waals surface area contributed by atoms with Crippen LogP contribution in [0.4, 0.5) is 11.5 Å². The highest BCUT2D eigenvalue weighted by Gasteiger charge is 2.37. The van der Waals surface area contributed by atoms with Crippen LogP contribution in [0.5, 0.6) is 5.88 Å². The van der Waals surface area contributed by atoms with Gasteiger partial charge in [-0.15, -0.1) is 0 Å². The van der Waals surface area contributed by atoms with Crippen molar-refractivity contribution in [3.05, 3.63) is 89.1 Å². The number of aromatic nitrogens is 4. The zero-order valence-electron chi connectivity index (χ0n) is 23.0. The van der Waals surface area contributed by atoms with Crippen molar-refractivity contribution in [1.29, 1.82) is 0 Å². The minimum atomic E-state index is -4.22. The zero-order chi connectivity index (χ0) is 30.7. The van der Waals surface area contributed by atoms with Crippen LogP contribution < -0.4 is 15.0 Å². The lowest BCUT2D eigenvalue weighted by molar-refractivity contribution is -0.832. The summed E-state index contributed by atoms with van der Waals surface area (Å²) < 4.78 is 36.4. The number of carbonyl (C=O) groups excluding carboxylic acids is 1. The van der Waals surface area contributed by atoms with Gasteiger partial charge in [-0.05, 0) is 47.4 Å². The van der Waals surface area contributed by atoms with Crippen LogP contribution in [0.1, 0.15) is 12.8 Å². The molecule has 1 amide bonds. The Morgan fingerprint density at radius 1 is 1.07 bits per heavy atom. The molecule has 0 saturated carbocycles. The number of para-hydroxylation sites is 1. The lowest BCUT2D eigenvalue weighted by Gasteiger charge is -2.31. The number of nitrogens with zero attached hydrogens (tertiary/aromatic N) is 5. The number of halogens is 1. The van der Waals surface area contributed by atoms with Gasteiger partial charge >= 0.3 is 10.9 Å². The summed E-state index contributed by atoms with van der Waals surface area (Å²) in [5.41, 5.74) is 1.51. The van der Waals surface area contributed by atoms with Gasteiger partial charge in [0, 0.05) is 42.0 Å². The topological polar surface area (TPSA) is 154 Å². The summed E-state index contributed by atoms with van der Waals surface area (Å²) in [5, 5.41) is 20.2. The standard InChI is InChI=1S/C29H25ClN6O6S2/c30-19-7-6-8-20(17-19)31-26-23-11-4-5-12-24(23)32-29(33-26)43-18-25(37)35-15-13-21(14-16-35)41-27-28(36(38)42-34-27)44(39,40)22-9-2-1-3-10-22/h1-12,17,21H,13-16,18H2,(H,31,32,33). The summed E-state index contributed by atoms with van der Waals surface area (Å²) in [6.45, 7) is 0.750. The van der Waals surface area contributed by atoms with Crippen LogP contribution in [0.25, 0.3) is 10.9 Å². The van der Waals surface area contributed by atoms with Crippen molar-refractivity contribution < 1.29 is 27.5 Å². The number of hydrogen-bond donors (Lipinski definition) is 1. The van der Waals surface area contributed by atoms with Gasteiger partial charge in [-0.2, -0.15) is 0 Å². The van der Waals surface area contributed by atoms with E-state index in [1.54, 1.807) is 35.2 Å². The van der Waals surface area contributed by atoms with Crippen molar-refractivity contribution in [2.75, 3.05) is 24.2 Å². The zero-order valence-corrected chi connectivity index (χ0v) is 25.4. The van der Waals surface area contributed by atoms with E-state index in [1.807, 2.05) is 36.4 Å². The van der Waals surface area contributed by atoms with Gasteiger partial charge in [-0.3, -0.25) is 9.42 Å². The smallest absolute Gasteiger partial charge is 0.415 e. The van der Waals surface area contributed by atoms with E-state index in [2.05, 4.69) is 25.1 Å². The number of likely N-dealkylation sites (tertiary alicyclic amines) is 1. The summed E-state index contributed by atoms with van der Waals surface area (Å²) in [4.78, 5) is 23.8. The third-order valence-electron chi connectivity index (χ3n) is 6.92. The quantitative estimate of drug-likeness (QED) is 0.134. The first-order chi connectivity index (χ1) is 21.3. The molecule has 44 heavy (non-hydrogen) atoms. The van der Waals surface area contributed by atoms with Crippen LogP contribution in [-0.2, 0) is 14.6 Å². The molecule has 15 heteroatoms. The molecule has 0 bridgehead atoms. The number of fused-ring (bicyclic) bond motifs is 1. The van der Waals surface area contributed by atoms with E-state index in [1.165, 1.54) is 23.9 Å². The van der Waals surface area contributed by atoms with Crippen LogP contribution in [0.3, 0.4) is 0 Å². The molecule has 1 aliphatic rings. The van der Waals surface area contributed by atoms with Gasteiger partial charge in [0.2, 0.25) is 5.91 Å². The summed E-state index contributed by atoms with van der Waals surface area (Å²) in [6, 6.07) is 22.4. The molecule has 0 spiro atoms. The molecular formula is C29H25ClN6O6S2. The van der Waals surface area contributed by atoms with E-state index >= 15 is 0 Å². The van der Waals surface area contributed by atoms with E-state index < -0.39 is 26.8 Å². The molecule has 1 N–H and O–H groups in total. The number of hydrogen-bond acceptors (Lipinski definition) is 11. The Hall–Kier alpha value is -4.40. The fraction of sp³-hybridized carbons (Fsp3) is 0.207. The lowest BCUT2D eigenvalue weighted by atomic mass is 10.1. The van der Waals surface area contributed by atoms with Crippen molar-refractivity contribution in [2.45, 2.75) is 34.0 Å². The first-order valence-corrected chi connectivity index (χ1v) is 16.4. The Bertz CT molecular complexity index is 1920. The molecule has 3 heterocycles. The Morgan fingerprint density at radius 2 is 1.82 bits per heavy atom. The van der Waals surface area contributed by atoms with Gasteiger partial charge < -0.3 is 20.2 Å². The molecule has 1 aliphatic heterocycles. The largest absolute Gasteiger partial charge is 0.451 e. The van der Waals surface area contributed by atoms with Crippen molar-refractivity contribution in [3.63, 3.8) is 0 Å². The van der Waals surface area contributed by atoms with E-state index in [0.29, 0.717) is 41.9 Å². The van der Waals surface area contributed by atoms with Crippen LogP contribution in [0, 0.1) is 5.21 Å². The van der Waals surface area contributed by atoms with Crippen LogP contribution in [0.2, 0.25) is 5.02 Å². The minimum absolute atomic E-state index is 0.0849. The molecular weight excluding hydrogens is 628 g/mol. The number of nitrogens with one attached hydrogen (secondary N) is 1. The van der Waals surface area contributed by atoms with E-state index in [-0.39, 0.29) is 21.5 Å². The van der Waals surface area contributed by atoms with E-state index in [0.717, 1.165) is 16.6 Å². The number of carbonyl (C=O) groups is 1. The number of amides is 1. The van der Waals surface area contributed by atoms with Crippen LogP contribution in [-0.4, -0.2) is 59.3 Å². The molecule has 226 valence electrons. The predicted octanol–water partition coefficient (Wildman–Crippen LogP) is 4.64. The number of piperidine rings is 1. The molecule has 0 unspecified atom stereocenters. The van der Waals surface area contributed by atoms with Crippen LogP contribution >= 0.6 is 23.4 Å². The Morgan fingerprint density at radius 3 is 2.59 bits per heavy atom. The Labute approximate surface area is 261 Å². The SMILES string of the molecule is O=C(CSc1nc(Nc2cccc(Cl)c2)c2ccccc2n1)N1CCC(Oc2no[n+]([O-])c2S(=O)(=O)c2ccccc2)CC1. The first kappa shape index (κ1) is 29.7. The van der Waals surface area contributed by atoms with Crippen molar-refractivity contribution in [2.24, 2.45) is 0 Å². The number of sulfone groups is 1. The fourth-order valence-corrected chi connectivity index (χ4v) is 6.97. The lowest BCUT2D eigenvalue weighted by Crippen LogP contribution is -2.42. The highest BCUT2D eigenvalue weighted by molar-refractivity contribution is 7.99. The third kappa shape index (κ3) is 6.42. The number of thioether (sulfide) groups is 1. The summed E-state index contributed by atoms with van der Waals surface area (Å²) in [6.07, 6.45) is 0.353.